The van der Waals surface area contributed by atoms with Gasteiger partial charge in [0, 0.05) is 10.6 Å². The van der Waals surface area contributed by atoms with Crippen LogP contribution in [0.1, 0.15) is 28.4 Å². The van der Waals surface area contributed by atoms with Crippen LogP contribution >= 0.6 is 11.6 Å². The molecular weight excluding hydrogens is 272 g/mol. The Morgan fingerprint density at radius 1 is 1.15 bits per heavy atom. The number of carbonyl (C=O) groups is 1. The predicted octanol–water partition coefficient (Wildman–Crippen LogP) is 4.61. The molecule has 2 aromatic rings. The van der Waals surface area contributed by atoms with Gasteiger partial charge in [-0.25, -0.2) is 0 Å². The predicted molar refractivity (Wildman–Crippen MR) is 81.8 cm³/mol. The first kappa shape index (κ1) is 14.6. The van der Waals surface area contributed by atoms with Gasteiger partial charge in [0.2, 0.25) is 5.78 Å². The Morgan fingerprint density at radius 3 is 2.55 bits per heavy atom. The van der Waals surface area contributed by atoms with Gasteiger partial charge >= 0.3 is 0 Å². The minimum Gasteiger partial charge on any atom is -0.483 e. The maximum absolute atomic E-state index is 12.4. The van der Waals surface area contributed by atoms with Crippen LogP contribution in [0.2, 0.25) is 5.02 Å². The fraction of sp³-hybridized carbons (Fsp3) is 0.235. The highest BCUT2D eigenvalue weighted by Crippen LogP contribution is 2.21. The van der Waals surface area contributed by atoms with Crippen molar-refractivity contribution in [3.8, 4) is 5.75 Å². The molecule has 0 radical (unpaired) electrons. The summed E-state index contributed by atoms with van der Waals surface area (Å²) in [4.78, 5) is 12.4. The average molecular weight is 289 g/mol. The second-order valence-electron chi connectivity index (χ2n) is 4.83. The molecule has 1 atom stereocenters. The summed E-state index contributed by atoms with van der Waals surface area (Å²) in [6.45, 7) is 5.70. The summed E-state index contributed by atoms with van der Waals surface area (Å²) in [6, 6.07) is 12.8. The van der Waals surface area contributed by atoms with Crippen LogP contribution in [-0.2, 0) is 0 Å². The smallest absolute Gasteiger partial charge is 0.203 e. The van der Waals surface area contributed by atoms with Crippen LogP contribution in [0.25, 0.3) is 0 Å². The molecule has 0 aromatic heterocycles. The minimum atomic E-state index is -0.547. The van der Waals surface area contributed by atoms with Crippen molar-refractivity contribution in [3.05, 3.63) is 64.2 Å². The molecule has 2 nitrogen and oxygen atoms in total. The van der Waals surface area contributed by atoms with E-state index in [1.54, 1.807) is 31.2 Å². The Hall–Kier alpha value is -1.80. The van der Waals surface area contributed by atoms with Crippen LogP contribution < -0.4 is 4.74 Å². The molecule has 0 aliphatic carbocycles. The monoisotopic (exact) mass is 288 g/mol. The number of aryl methyl sites for hydroxylation is 1. The van der Waals surface area contributed by atoms with Crippen molar-refractivity contribution in [1.29, 1.82) is 0 Å². The largest absolute Gasteiger partial charge is 0.483 e. The Bertz CT molecular complexity index is 635. The zero-order chi connectivity index (χ0) is 14.7. The van der Waals surface area contributed by atoms with Crippen LogP contribution in [0.5, 0.6) is 5.75 Å². The van der Waals surface area contributed by atoms with Gasteiger partial charge in [-0.15, -0.1) is 0 Å². The van der Waals surface area contributed by atoms with E-state index in [2.05, 4.69) is 0 Å². The molecule has 0 saturated carbocycles. The molecule has 0 spiro atoms. The number of benzene rings is 2. The number of hydrogen-bond acceptors (Lipinski definition) is 2. The molecular formula is C17H17ClO2. The van der Waals surface area contributed by atoms with Crippen LogP contribution in [0.15, 0.2) is 42.5 Å². The van der Waals surface area contributed by atoms with Crippen molar-refractivity contribution in [2.24, 2.45) is 0 Å². The Morgan fingerprint density at radius 2 is 1.85 bits per heavy atom. The normalized spacial score (nSPS) is 12.0. The third kappa shape index (κ3) is 3.20. The highest BCUT2D eigenvalue weighted by Gasteiger charge is 2.19. The molecule has 2 rings (SSSR count). The fourth-order valence-corrected chi connectivity index (χ4v) is 2.22. The molecule has 0 aliphatic heterocycles. The summed E-state index contributed by atoms with van der Waals surface area (Å²) in [7, 11) is 0. The van der Waals surface area contributed by atoms with E-state index in [-0.39, 0.29) is 5.78 Å². The number of halogens is 1. The standard InChI is InChI=1S/C17H17ClO2/c1-11-6-4-9-16(12(11)2)17(19)13(3)20-15-8-5-7-14(18)10-15/h4-10,13H,1-3H3. The number of carbonyl (C=O) groups excluding carboxylic acids is 1. The first-order valence-corrected chi connectivity index (χ1v) is 6.89. The molecule has 0 saturated heterocycles. The third-order valence-corrected chi connectivity index (χ3v) is 3.58. The van der Waals surface area contributed by atoms with Gasteiger partial charge in [0.25, 0.3) is 0 Å². The summed E-state index contributed by atoms with van der Waals surface area (Å²) in [6.07, 6.45) is -0.547. The molecule has 0 bridgehead atoms. The number of ketones is 1. The second-order valence-corrected chi connectivity index (χ2v) is 5.27. The minimum absolute atomic E-state index is 0.0221. The lowest BCUT2D eigenvalue weighted by atomic mass is 9.98. The third-order valence-electron chi connectivity index (χ3n) is 3.35. The summed E-state index contributed by atoms with van der Waals surface area (Å²) in [5.41, 5.74) is 2.81. The first-order valence-electron chi connectivity index (χ1n) is 6.51. The number of ether oxygens (including phenoxy) is 1. The summed E-state index contributed by atoms with van der Waals surface area (Å²) < 4.78 is 5.67. The Kier molecular flexibility index (Phi) is 4.46. The highest BCUT2D eigenvalue weighted by molar-refractivity contribution is 6.30. The van der Waals surface area contributed by atoms with E-state index in [1.807, 2.05) is 32.0 Å². The van der Waals surface area contributed by atoms with Gasteiger partial charge in [-0.1, -0.05) is 35.9 Å². The van der Waals surface area contributed by atoms with Gasteiger partial charge in [-0.2, -0.15) is 0 Å². The zero-order valence-electron chi connectivity index (χ0n) is 11.8. The molecule has 2 aromatic carbocycles. The van der Waals surface area contributed by atoms with E-state index >= 15 is 0 Å². The number of rotatable bonds is 4. The van der Waals surface area contributed by atoms with Crippen molar-refractivity contribution >= 4 is 17.4 Å². The van der Waals surface area contributed by atoms with E-state index in [0.29, 0.717) is 16.3 Å². The zero-order valence-corrected chi connectivity index (χ0v) is 12.6. The summed E-state index contributed by atoms with van der Waals surface area (Å²) in [5, 5.41) is 0.592. The lowest BCUT2D eigenvalue weighted by Crippen LogP contribution is -2.24. The molecule has 0 aliphatic rings. The van der Waals surface area contributed by atoms with Gasteiger partial charge in [0.1, 0.15) is 5.75 Å². The van der Waals surface area contributed by atoms with Gasteiger partial charge < -0.3 is 4.74 Å². The molecule has 0 amide bonds. The number of hydrogen-bond donors (Lipinski definition) is 0. The van der Waals surface area contributed by atoms with E-state index in [0.717, 1.165) is 11.1 Å². The maximum Gasteiger partial charge on any atom is 0.203 e. The van der Waals surface area contributed by atoms with Gasteiger partial charge in [-0.3, -0.25) is 4.79 Å². The maximum atomic E-state index is 12.4. The van der Waals surface area contributed by atoms with Crippen molar-refractivity contribution in [2.45, 2.75) is 26.9 Å². The van der Waals surface area contributed by atoms with Gasteiger partial charge in [0.15, 0.2) is 6.10 Å². The SMILES string of the molecule is Cc1cccc(C(=O)C(C)Oc2cccc(Cl)c2)c1C. The quantitative estimate of drug-likeness (QED) is 0.768. The van der Waals surface area contributed by atoms with Crippen LogP contribution in [0.3, 0.4) is 0 Å². The van der Waals surface area contributed by atoms with E-state index < -0.39 is 6.10 Å². The Balaban J connectivity index is 2.19. The Labute approximate surface area is 124 Å². The highest BCUT2D eigenvalue weighted by atomic mass is 35.5. The lowest BCUT2D eigenvalue weighted by Gasteiger charge is -2.15. The second kappa shape index (κ2) is 6.10. The molecule has 3 heteroatoms. The van der Waals surface area contributed by atoms with Crippen molar-refractivity contribution in [1.82, 2.24) is 0 Å². The average Bonchev–Trinajstić information content (AvgIpc) is 2.41. The van der Waals surface area contributed by atoms with Gasteiger partial charge in [0.05, 0.1) is 0 Å². The summed E-state index contributed by atoms with van der Waals surface area (Å²) >= 11 is 5.91. The van der Waals surface area contributed by atoms with Gasteiger partial charge in [-0.05, 0) is 50.1 Å². The fourth-order valence-electron chi connectivity index (χ4n) is 2.03. The van der Waals surface area contributed by atoms with Crippen LogP contribution in [0, 0.1) is 13.8 Å². The molecule has 0 fully saturated rings. The summed E-state index contributed by atoms with van der Waals surface area (Å²) in [5.74, 6) is 0.579. The van der Waals surface area contributed by atoms with Crippen molar-refractivity contribution in [2.75, 3.05) is 0 Å². The molecule has 0 N–H and O–H groups in total. The molecule has 20 heavy (non-hydrogen) atoms. The van der Waals surface area contributed by atoms with E-state index in [1.165, 1.54) is 0 Å². The molecule has 0 heterocycles. The molecule has 104 valence electrons. The van der Waals surface area contributed by atoms with Crippen molar-refractivity contribution < 1.29 is 9.53 Å². The van der Waals surface area contributed by atoms with Crippen LogP contribution in [0.4, 0.5) is 0 Å². The molecule has 1 unspecified atom stereocenters. The van der Waals surface area contributed by atoms with Crippen LogP contribution in [-0.4, -0.2) is 11.9 Å². The number of Topliss-reactive ketones (excluding diaryl/α,β-unsaturated/α-hetero) is 1. The lowest BCUT2D eigenvalue weighted by molar-refractivity contribution is 0.0817. The topological polar surface area (TPSA) is 26.3 Å². The first-order chi connectivity index (χ1) is 9.49. The van der Waals surface area contributed by atoms with E-state index in [9.17, 15) is 4.79 Å². The van der Waals surface area contributed by atoms with Crippen molar-refractivity contribution in [3.63, 3.8) is 0 Å². The van der Waals surface area contributed by atoms with E-state index in [4.69, 9.17) is 16.3 Å².